The van der Waals surface area contributed by atoms with E-state index in [9.17, 15) is 13.5 Å². The Morgan fingerprint density at radius 3 is 2.47 bits per heavy atom. The topological polar surface area (TPSA) is 89.6 Å². The standard InChI is InChI=1S/C9H11Cl2NO4S/c1-5(16-17(12,14)15)9(13)7-3-2-6(10)4-8(7)11/h2-5,9,13H,1H3,(H2,12,14,15)/t5-,9+/m1/s1. The van der Waals surface area contributed by atoms with E-state index in [1.807, 2.05) is 0 Å². The molecule has 0 saturated heterocycles. The van der Waals surface area contributed by atoms with Crippen LogP contribution in [0.1, 0.15) is 18.6 Å². The van der Waals surface area contributed by atoms with Crippen molar-refractivity contribution in [2.45, 2.75) is 19.1 Å². The summed E-state index contributed by atoms with van der Waals surface area (Å²) >= 11 is 11.6. The van der Waals surface area contributed by atoms with Crippen molar-refractivity contribution in [2.75, 3.05) is 0 Å². The van der Waals surface area contributed by atoms with E-state index in [1.54, 1.807) is 0 Å². The fraction of sp³-hybridized carbons (Fsp3) is 0.333. The van der Waals surface area contributed by atoms with Crippen LogP contribution in [-0.2, 0) is 14.5 Å². The van der Waals surface area contributed by atoms with Crippen molar-refractivity contribution < 1.29 is 17.7 Å². The second-order valence-corrected chi connectivity index (χ2v) is 5.43. The van der Waals surface area contributed by atoms with E-state index < -0.39 is 22.5 Å². The maximum absolute atomic E-state index is 10.7. The highest BCUT2D eigenvalue weighted by Crippen LogP contribution is 2.29. The van der Waals surface area contributed by atoms with Gasteiger partial charge >= 0.3 is 10.3 Å². The van der Waals surface area contributed by atoms with Crippen LogP contribution in [0.2, 0.25) is 10.0 Å². The van der Waals surface area contributed by atoms with Gasteiger partial charge in [-0.15, -0.1) is 0 Å². The van der Waals surface area contributed by atoms with Crippen molar-refractivity contribution in [3.8, 4) is 0 Å². The van der Waals surface area contributed by atoms with Crippen LogP contribution in [0, 0.1) is 0 Å². The molecule has 0 heterocycles. The molecule has 0 amide bonds. The Bertz CT molecular complexity index is 506. The number of hydrogen-bond donors (Lipinski definition) is 2. The normalized spacial score (nSPS) is 15.6. The zero-order valence-corrected chi connectivity index (χ0v) is 11.1. The summed E-state index contributed by atoms with van der Waals surface area (Å²) in [5.74, 6) is 0. The summed E-state index contributed by atoms with van der Waals surface area (Å²) in [4.78, 5) is 0. The minimum atomic E-state index is -4.13. The first-order chi connectivity index (χ1) is 7.70. The van der Waals surface area contributed by atoms with Crippen LogP contribution >= 0.6 is 23.2 Å². The zero-order valence-electron chi connectivity index (χ0n) is 8.80. The lowest BCUT2D eigenvalue weighted by Gasteiger charge is -2.19. The lowest BCUT2D eigenvalue weighted by atomic mass is 10.1. The molecule has 17 heavy (non-hydrogen) atoms. The van der Waals surface area contributed by atoms with Crippen molar-refractivity contribution in [3.05, 3.63) is 33.8 Å². The molecule has 0 aromatic heterocycles. The Morgan fingerprint density at radius 1 is 1.41 bits per heavy atom. The molecular weight excluding hydrogens is 289 g/mol. The number of nitrogens with two attached hydrogens (primary N) is 1. The van der Waals surface area contributed by atoms with E-state index >= 15 is 0 Å². The molecule has 0 unspecified atom stereocenters. The van der Waals surface area contributed by atoms with Crippen LogP contribution < -0.4 is 5.14 Å². The molecule has 0 fully saturated rings. The third-order valence-electron chi connectivity index (χ3n) is 2.01. The van der Waals surface area contributed by atoms with Gasteiger partial charge in [0.2, 0.25) is 0 Å². The van der Waals surface area contributed by atoms with Gasteiger partial charge in [0.05, 0.1) is 0 Å². The van der Waals surface area contributed by atoms with Crippen LogP contribution in [0.4, 0.5) is 0 Å². The fourth-order valence-electron chi connectivity index (χ4n) is 1.26. The second-order valence-electron chi connectivity index (χ2n) is 3.40. The van der Waals surface area contributed by atoms with Crippen molar-refractivity contribution in [1.29, 1.82) is 0 Å². The molecule has 0 bridgehead atoms. The number of rotatable bonds is 4. The predicted molar refractivity (Wildman–Crippen MR) is 65.1 cm³/mol. The molecule has 96 valence electrons. The number of aliphatic hydroxyl groups excluding tert-OH is 1. The van der Waals surface area contributed by atoms with Crippen LogP contribution in [0.5, 0.6) is 0 Å². The van der Waals surface area contributed by atoms with Gasteiger partial charge in [0.15, 0.2) is 0 Å². The zero-order chi connectivity index (χ0) is 13.2. The summed E-state index contributed by atoms with van der Waals surface area (Å²) < 4.78 is 25.9. The second kappa shape index (κ2) is 5.51. The van der Waals surface area contributed by atoms with Crippen molar-refractivity contribution in [1.82, 2.24) is 0 Å². The van der Waals surface area contributed by atoms with Gasteiger partial charge in [-0.2, -0.15) is 8.42 Å². The molecule has 1 aromatic carbocycles. The maximum Gasteiger partial charge on any atom is 0.333 e. The first kappa shape index (κ1) is 14.7. The molecule has 2 atom stereocenters. The third kappa shape index (κ3) is 4.42. The van der Waals surface area contributed by atoms with Gasteiger partial charge in [-0.3, -0.25) is 4.18 Å². The quantitative estimate of drug-likeness (QED) is 0.884. The number of benzene rings is 1. The smallest absolute Gasteiger partial charge is 0.333 e. The molecule has 5 nitrogen and oxygen atoms in total. The Hall–Kier alpha value is -0.370. The van der Waals surface area contributed by atoms with E-state index in [0.29, 0.717) is 10.6 Å². The summed E-state index contributed by atoms with van der Waals surface area (Å²) in [6, 6.07) is 4.44. The van der Waals surface area contributed by atoms with E-state index in [0.717, 1.165) is 0 Å². The molecule has 0 spiro atoms. The molecule has 1 rings (SSSR count). The van der Waals surface area contributed by atoms with Crippen LogP contribution in [-0.4, -0.2) is 19.6 Å². The lowest BCUT2D eigenvalue weighted by molar-refractivity contribution is 0.0509. The molecule has 0 aliphatic heterocycles. The third-order valence-corrected chi connectivity index (χ3v) is 3.15. The largest absolute Gasteiger partial charge is 0.386 e. The Balaban J connectivity index is 2.92. The molecule has 0 aliphatic rings. The highest BCUT2D eigenvalue weighted by atomic mass is 35.5. The van der Waals surface area contributed by atoms with Gasteiger partial charge < -0.3 is 5.11 Å². The fourth-order valence-corrected chi connectivity index (χ4v) is 2.31. The van der Waals surface area contributed by atoms with Gasteiger partial charge in [-0.05, 0) is 19.1 Å². The van der Waals surface area contributed by atoms with E-state index in [-0.39, 0.29) is 5.02 Å². The van der Waals surface area contributed by atoms with Crippen LogP contribution in [0.15, 0.2) is 18.2 Å². The highest BCUT2D eigenvalue weighted by molar-refractivity contribution is 7.84. The average Bonchev–Trinajstić information content (AvgIpc) is 2.14. The van der Waals surface area contributed by atoms with Gasteiger partial charge in [0, 0.05) is 15.6 Å². The summed E-state index contributed by atoms with van der Waals surface area (Å²) in [5.41, 5.74) is 0.312. The molecule has 3 N–H and O–H groups in total. The number of halogens is 2. The minimum absolute atomic E-state index is 0.217. The monoisotopic (exact) mass is 299 g/mol. The molecule has 0 saturated carbocycles. The van der Waals surface area contributed by atoms with Gasteiger partial charge in [-0.1, -0.05) is 29.3 Å². The number of aliphatic hydroxyl groups is 1. The SMILES string of the molecule is C[C@@H](OS(N)(=O)=O)[C@H](O)c1ccc(Cl)cc1Cl. The van der Waals surface area contributed by atoms with E-state index in [1.165, 1.54) is 25.1 Å². The Morgan fingerprint density at radius 2 is 2.00 bits per heavy atom. The molecular formula is C9H11Cl2NO4S. The Labute approximate surface area is 109 Å². The minimum Gasteiger partial charge on any atom is -0.386 e. The van der Waals surface area contributed by atoms with Crippen molar-refractivity contribution in [3.63, 3.8) is 0 Å². The van der Waals surface area contributed by atoms with Crippen LogP contribution in [0.25, 0.3) is 0 Å². The van der Waals surface area contributed by atoms with Gasteiger partial charge in [0.1, 0.15) is 12.2 Å². The molecule has 0 radical (unpaired) electrons. The first-order valence-electron chi connectivity index (χ1n) is 4.54. The predicted octanol–water partition coefficient (Wildman–Crippen LogP) is 1.64. The van der Waals surface area contributed by atoms with Gasteiger partial charge in [0.25, 0.3) is 0 Å². The summed E-state index contributed by atoms with van der Waals surface area (Å²) in [6.45, 7) is 1.36. The average molecular weight is 300 g/mol. The molecule has 1 aromatic rings. The summed E-state index contributed by atoms with van der Waals surface area (Å²) in [5, 5.41) is 15.2. The Kier molecular flexibility index (Phi) is 4.77. The van der Waals surface area contributed by atoms with E-state index in [2.05, 4.69) is 4.18 Å². The summed E-state index contributed by atoms with van der Waals surface area (Å²) in [6.07, 6.45) is -2.28. The number of hydrogen-bond acceptors (Lipinski definition) is 4. The first-order valence-corrected chi connectivity index (χ1v) is 6.77. The van der Waals surface area contributed by atoms with Gasteiger partial charge in [-0.25, -0.2) is 5.14 Å². The van der Waals surface area contributed by atoms with E-state index in [4.69, 9.17) is 28.3 Å². The lowest BCUT2D eigenvalue weighted by Crippen LogP contribution is -2.27. The highest BCUT2D eigenvalue weighted by Gasteiger charge is 2.23. The maximum atomic E-state index is 10.7. The molecule has 0 aliphatic carbocycles. The molecule has 8 heteroatoms. The van der Waals surface area contributed by atoms with Crippen molar-refractivity contribution in [2.24, 2.45) is 5.14 Å². The van der Waals surface area contributed by atoms with Crippen LogP contribution in [0.3, 0.4) is 0 Å². The van der Waals surface area contributed by atoms with Crippen molar-refractivity contribution >= 4 is 33.5 Å². The summed E-state index contributed by atoms with van der Waals surface area (Å²) in [7, 11) is -4.13.